The molecule has 0 unspecified atom stereocenters. The summed E-state index contributed by atoms with van der Waals surface area (Å²) in [6.07, 6.45) is 3.93. The van der Waals surface area contributed by atoms with E-state index in [4.69, 9.17) is 0 Å². The third-order valence-electron chi connectivity index (χ3n) is 4.59. The van der Waals surface area contributed by atoms with Crippen LogP contribution in [-0.2, 0) is 10.2 Å². The minimum Gasteiger partial charge on any atom is -0.355 e. The van der Waals surface area contributed by atoms with Gasteiger partial charge in [0.05, 0.1) is 0 Å². The number of rotatable bonds is 6. The SMILES string of the molecule is CC(C)(CNC(=O)CCC1CCNCC1)c1ccc(F)cc1. The number of hydrogen-bond acceptors (Lipinski definition) is 2. The first kappa shape index (κ1) is 16.9. The highest BCUT2D eigenvalue weighted by atomic mass is 19.1. The van der Waals surface area contributed by atoms with Crippen molar-refractivity contribution in [3.05, 3.63) is 35.6 Å². The van der Waals surface area contributed by atoms with Crippen molar-refractivity contribution in [1.29, 1.82) is 0 Å². The van der Waals surface area contributed by atoms with Crippen molar-refractivity contribution in [2.75, 3.05) is 19.6 Å². The van der Waals surface area contributed by atoms with Crippen LogP contribution >= 0.6 is 0 Å². The molecule has 1 fully saturated rings. The van der Waals surface area contributed by atoms with Gasteiger partial charge in [-0.05, 0) is 56.0 Å². The molecule has 2 rings (SSSR count). The number of halogens is 1. The Labute approximate surface area is 132 Å². The van der Waals surface area contributed by atoms with Crippen molar-refractivity contribution in [2.24, 2.45) is 5.92 Å². The molecule has 0 spiro atoms. The first-order chi connectivity index (χ1) is 10.5. The fourth-order valence-electron chi connectivity index (χ4n) is 2.92. The van der Waals surface area contributed by atoms with Crippen LogP contribution in [0.15, 0.2) is 24.3 Å². The summed E-state index contributed by atoms with van der Waals surface area (Å²) < 4.78 is 13.0. The van der Waals surface area contributed by atoms with E-state index in [2.05, 4.69) is 24.5 Å². The van der Waals surface area contributed by atoms with Gasteiger partial charge in [-0.3, -0.25) is 4.79 Å². The average molecular weight is 306 g/mol. The van der Waals surface area contributed by atoms with Gasteiger partial charge in [-0.25, -0.2) is 4.39 Å². The van der Waals surface area contributed by atoms with Crippen molar-refractivity contribution in [1.82, 2.24) is 10.6 Å². The van der Waals surface area contributed by atoms with E-state index in [0.717, 1.165) is 25.1 Å². The Balaban J connectivity index is 1.75. The molecule has 0 saturated carbocycles. The molecule has 1 aromatic carbocycles. The molecule has 2 N–H and O–H groups in total. The van der Waals surface area contributed by atoms with Gasteiger partial charge in [0, 0.05) is 18.4 Å². The second-order valence-corrected chi connectivity index (χ2v) is 6.90. The van der Waals surface area contributed by atoms with Gasteiger partial charge in [0.1, 0.15) is 5.82 Å². The number of benzene rings is 1. The molecule has 0 atom stereocenters. The lowest BCUT2D eigenvalue weighted by Gasteiger charge is -2.26. The Hall–Kier alpha value is -1.42. The molecule has 4 heteroatoms. The summed E-state index contributed by atoms with van der Waals surface area (Å²) in [5, 5.41) is 6.37. The normalized spacial score (nSPS) is 16.5. The summed E-state index contributed by atoms with van der Waals surface area (Å²) in [7, 11) is 0. The molecule has 22 heavy (non-hydrogen) atoms. The lowest BCUT2D eigenvalue weighted by Crippen LogP contribution is -2.37. The minimum absolute atomic E-state index is 0.119. The maximum absolute atomic E-state index is 13.0. The Morgan fingerprint density at radius 1 is 1.27 bits per heavy atom. The summed E-state index contributed by atoms with van der Waals surface area (Å²) in [4.78, 5) is 12.0. The van der Waals surface area contributed by atoms with E-state index >= 15 is 0 Å². The fraction of sp³-hybridized carbons (Fsp3) is 0.611. The first-order valence-corrected chi connectivity index (χ1v) is 8.21. The van der Waals surface area contributed by atoms with Crippen LogP contribution in [0.1, 0.15) is 45.1 Å². The van der Waals surface area contributed by atoms with Gasteiger partial charge < -0.3 is 10.6 Å². The van der Waals surface area contributed by atoms with Gasteiger partial charge in [0.15, 0.2) is 0 Å². The molecule has 1 aliphatic heterocycles. The van der Waals surface area contributed by atoms with Gasteiger partial charge in [-0.2, -0.15) is 0 Å². The summed E-state index contributed by atoms with van der Waals surface area (Å²) >= 11 is 0. The van der Waals surface area contributed by atoms with Crippen LogP contribution in [0.2, 0.25) is 0 Å². The Morgan fingerprint density at radius 3 is 2.55 bits per heavy atom. The molecule has 1 aromatic rings. The maximum atomic E-state index is 13.0. The van der Waals surface area contributed by atoms with Crippen LogP contribution in [-0.4, -0.2) is 25.5 Å². The number of carbonyl (C=O) groups is 1. The summed E-state index contributed by atoms with van der Waals surface area (Å²) in [6, 6.07) is 6.51. The molecule has 0 radical (unpaired) electrons. The van der Waals surface area contributed by atoms with Gasteiger partial charge in [-0.15, -0.1) is 0 Å². The quantitative estimate of drug-likeness (QED) is 0.848. The zero-order valence-electron chi connectivity index (χ0n) is 13.6. The molecule has 3 nitrogen and oxygen atoms in total. The largest absolute Gasteiger partial charge is 0.355 e. The minimum atomic E-state index is -0.231. The Bertz CT molecular complexity index is 478. The van der Waals surface area contributed by atoms with Crippen molar-refractivity contribution in [2.45, 2.75) is 44.9 Å². The second kappa shape index (κ2) is 7.73. The van der Waals surface area contributed by atoms with Gasteiger partial charge in [0.2, 0.25) is 5.91 Å². The summed E-state index contributed by atoms with van der Waals surface area (Å²) in [6.45, 7) is 6.85. The van der Waals surface area contributed by atoms with E-state index in [9.17, 15) is 9.18 Å². The maximum Gasteiger partial charge on any atom is 0.220 e. The van der Waals surface area contributed by atoms with Crippen LogP contribution in [0.5, 0.6) is 0 Å². The molecule has 122 valence electrons. The third-order valence-corrected chi connectivity index (χ3v) is 4.59. The van der Waals surface area contributed by atoms with Gasteiger partial charge in [0.25, 0.3) is 0 Å². The van der Waals surface area contributed by atoms with Crippen LogP contribution in [0.25, 0.3) is 0 Å². The number of amides is 1. The monoisotopic (exact) mass is 306 g/mol. The van der Waals surface area contributed by atoms with E-state index in [1.54, 1.807) is 12.1 Å². The van der Waals surface area contributed by atoms with Crippen LogP contribution in [0.4, 0.5) is 4.39 Å². The molecular weight excluding hydrogens is 279 g/mol. The standard InChI is InChI=1S/C18H27FN2O/c1-18(2,15-4-6-16(19)7-5-15)13-21-17(22)8-3-14-9-11-20-12-10-14/h4-7,14,20H,3,8-13H2,1-2H3,(H,21,22). The van der Waals surface area contributed by atoms with E-state index in [1.165, 1.54) is 25.0 Å². The molecule has 1 heterocycles. The van der Waals surface area contributed by atoms with Crippen LogP contribution in [0, 0.1) is 11.7 Å². The molecule has 0 aliphatic carbocycles. The Kier molecular flexibility index (Phi) is 5.95. The van der Waals surface area contributed by atoms with Crippen LogP contribution < -0.4 is 10.6 Å². The summed E-state index contributed by atoms with van der Waals surface area (Å²) in [5.41, 5.74) is 0.838. The van der Waals surface area contributed by atoms with Crippen molar-refractivity contribution in [3.63, 3.8) is 0 Å². The first-order valence-electron chi connectivity index (χ1n) is 8.21. The molecule has 1 saturated heterocycles. The molecule has 0 bridgehead atoms. The van der Waals surface area contributed by atoms with Gasteiger partial charge in [-0.1, -0.05) is 26.0 Å². The van der Waals surface area contributed by atoms with E-state index < -0.39 is 0 Å². The average Bonchev–Trinajstić information content (AvgIpc) is 2.52. The van der Waals surface area contributed by atoms with Gasteiger partial charge >= 0.3 is 0 Å². The molecular formula is C18H27FN2O. The highest BCUT2D eigenvalue weighted by Gasteiger charge is 2.22. The number of piperidine rings is 1. The van der Waals surface area contributed by atoms with Crippen molar-refractivity contribution >= 4 is 5.91 Å². The zero-order chi connectivity index (χ0) is 16.0. The zero-order valence-corrected chi connectivity index (χ0v) is 13.6. The third kappa shape index (κ3) is 5.09. The number of hydrogen-bond donors (Lipinski definition) is 2. The lowest BCUT2D eigenvalue weighted by molar-refractivity contribution is -0.121. The predicted molar refractivity (Wildman–Crippen MR) is 87.3 cm³/mol. The van der Waals surface area contributed by atoms with E-state index in [1.807, 2.05) is 0 Å². The topological polar surface area (TPSA) is 41.1 Å². The molecule has 0 aromatic heterocycles. The second-order valence-electron chi connectivity index (χ2n) is 6.90. The molecule has 1 aliphatic rings. The Morgan fingerprint density at radius 2 is 1.91 bits per heavy atom. The predicted octanol–water partition coefficient (Wildman–Crippen LogP) is 3.00. The fourth-order valence-corrected chi connectivity index (χ4v) is 2.92. The molecule has 1 amide bonds. The van der Waals surface area contributed by atoms with E-state index in [-0.39, 0.29) is 17.1 Å². The summed E-state index contributed by atoms with van der Waals surface area (Å²) in [5.74, 6) is 0.566. The number of carbonyl (C=O) groups excluding carboxylic acids is 1. The lowest BCUT2D eigenvalue weighted by atomic mass is 9.84. The number of nitrogens with one attached hydrogen (secondary N) is 2. The van der Waals surface area contributed by atoms with Crippen molar-refractivity contribution in [3.8, 4) is 0 Å². The highest BCUT2D eigenvalue weighted by molar-refractivity contribution is 5.76. The van der Waals surface area contributed by atoms with Crippen LogP contribution in [0.3, 0.4) is 0 Å². The smallest absolute Gasteiger partial charge is 0.220 e. The van der Waals surface area contributed by atoms with Crippen molar-refractivity contribution < 1.29 is 9.18 Å². The van der Waals surface area contributed by atoms with E-state index in [0.29, 0.717) is 18.9 Å². The highest BCUT2D eigenvalue weighted by Crippen LogP contribution is 2.23.